The summed E-state index contributed by atoms with van der Waals surface area (Å²) < 4.78 is 5.75. The Morgan fingerprint density at radius 3 is 2.65 bits per heavy atom. The SMILES string of the molecule is Cc1cccc(OCCCN(C)CCC(N)C(C)C)c1. The first-order chi connectivity index (χ1) is 9.49. The van der Waals surface area contributed by atoms with Gasteiger partial charge in [0.2, 0.25) is 0 Å². The van der Waals surface area contributed by atoms with Crippen LogP contribution in [0.15, 0.2) is 24.3 Å². The van der Waals surface area contributed by atoms with Crippen molar-refractivity contribution in [2.24, 2.45) is 11.7 Å². The standard InChI is InChI=1S/C17H30N2O/c1-14(2)17(18)9-11-19(4)10-6-12-20-16-8-5-7-15(3)13-16/h5,7-8,13-14,17H,6,9-12,18H2,1-4H3. The van der Waals surface area contributed by atoms with Crippen LogP contribution >= 0.6 is 0 Å². The highest BCUT2D eigenvalue weighted by molar-refractivity contribution is 5.27. The number of nitrogens with two attached hydrogens (primary N) is 1. The quantitative estimate of drug-likeness (QED) is 0.706. The monoisotopic (exact) mass is 278 g/mol. The Morgan fingerprint density at radius 1 is 1.25 bits per heavy atom. The first-order valence-electron chi connectivity index (χ1n) is 7.62. The summed E-state index contributed by atoms with van der Waals surface area (Å²) >= 11 is 0. The molecule has 1 rings (SSSR count). The van der Waals surface area contributed by atoms with Crippen molar-refractivity contribution in [2.45, 2.75) is 39.7 Å². The molecule has 2 N–H and O–H groups in total. The fourth-order valence-corrected chi connectivity index (χ4v) is 2.04. The predicted octanol–water partition coefficient (Wildman–Crippen LogP) is 3.07. The van der Waals surface area contributed by atoms with Crippen molar-refractivity contribution in [3.05, 3.63) is 29.8 Å². The maximum Gasteiger partial charge on any atom is 0.119 e. The lowest BCUT2D eigenvalue weighted by Gasteiger charge is -2.21. The summed E-state index contributed by atoms with van der Waals surface area (Å²) in [6, 6.07) is 8.51. The number of nitrogens with zero attached hydrogens (tertiary/aromatic N) is 1. The van der Waals surface area contributed by atoms with Gasteiger partial charge in [-0.15, -0.1) is 0 Å². The third-order valence-corrected chi connectivity index (χ3v) is 3.64. The van der Waals surface area contributed by atoms with E-state index in [1.54, 1.807) is 0 Å². The van der Waals surface area contributed by atoms with Gasteiger partial charge in [0.1, 0.15) is 5.75 Å². The molecule has 1 aromatic carbocycles. The van der Waals surface area contributed by atoms with Gasteiger partial charge in [0.25, 0.3) is 0 Å². The summed E-state index contributed by atoms with van der Waals surface area (Å²) in [5, 5.41) is 0. The number of aryl methyl sites for hydroxylation is 1. The lowest BCUT2D eigenvalue weighted by Crippen LogP contribution is -2.32. The van der Waals surface area contributed by atoms with Crippen molar-refractivity contribution in [1.29, 1.82) is 0 Å². The topological polar surface area (TPSA) is 38.5 Å². The average Bonchev–Trinajstić information content (AvgIpc) is 2.41. The molecular formula is C17H30N2O. The van der Waals surface area contributed by atoms with Crippen LogP contribution in [0, 0.1) is 12.8 Å². The van der Waals surface area contributed by atoms with Crippen LogP contribution in [0.1, 0.15) is 32.3 Å². The highest BCUT2D eigenvalue weighted by Crippen LogP contribution is 2.12. The molecule has 114 valence electrons. The molecule has 0 aliphatic carbocycles. The molecule has 1 unspecified atom stereocenters. The van der Waals surface area contributed by atoms with E-state index in [-0.39, 0.29) is 0 Å². The number of hydrogen-bond acceptors (Lipinski definition) is 3. The number of hydrogen-bond donors (Lipinski definition) is 1. The fourth-order valence-electron chi connectivity index (χ4n) is 2.04. The Morgan fingerprint density at radius 2 is 2.00 bits per heavy atom. The van der Waals surface area contributed by atoms with E-state index in [0.717, 1.165) is 38.3 Å². The number of benzene rings is 1. The third-order valence-electron chi connectivity index (χ3n) is 3.64. The summed E-state index contributed by atoms with van der Waals surface area (Å²) in [6.45, 7) is 9.32. The Balaban J connectivity index is 2.11. The molecular weight excluding hydrogens is 248 g/mol. The zero-order chi connectivity index (χ0) is 15.0. The highest BCUT2D eigenvalue weighted by atomic mass is 16.5. The van der Waals surface area contributed by atoms with E-state index in [0.29, 0.717) is 12.0 Å². The lowest BCUT2D eigenvalue weighted by atomic mass is 10.0. The van der Waals surface area contributed by atoms with Crippen molar-refractivity contribution >= 4 is 0 Å². The van der Waals surface area contributed by atoms with Gasteiger partial charge in [0, 0.05) is 12.6 Å². The summed E-state index contributed by atoms with van der Waals surface area (Å²) in [5.41, 5.74) is 7.30. The van der Waals surface area contributed by atoms with Crippen molar-refractivity contribution in [1.82, 2.24) is 4.90 Å². The van der Waals surface area contributed by atoms with Gasteiger partial charge in [0.15, 0.2) is 0 Å². The minimum Gasteiger partial charge on any atom is -0.494 e. The van der Waals surface area contributed by atoms with Crippen LogP contribution in [0.4, 0.5) is 0 Å². The second kappa shape index (κ2) is 8.98. The van der Waals surface area contributed by atoms with Gasteiger partial charge in [-0.3, -0.25) is 0 Å². The zero-order valence-corrected chi connectivity index (χ0v) is 13.4. The Hall–Kier alpha value is -1.06. The molecule has 0 radical (unpaired) electrons. The Bertz CT molecular complexity index is 379. The third kappa shape index (κ3) is 6.92. The number of ether oxygens (including phenoxy) is 1. The highest BCUT2D eigenvalue weighted by Gasteiger charge is 2.08. The zero-order valence-electron chi connectivity index (χ0n) is 13.4. The molecule has 0 amide bonds. The van der Waals surface area contributed by atoms with E-state index in [2.05, 4.69) is 44.9 Å². The minimum absolute atomic E-state index is 0.306. The summed E-state index contributed by atoms with van der Waals surface area (Å²) in [5.74, 6) is 1.53. The molecule has 0 aliphatic rings. The van der Waals surface area contributed by atoms with E-state index < -0.39 is 0 Å². The molecule has 0 bridgehead atoms. The minimum atomic E-state index is 0.306. The first kappa shape index (κ1) is 17.0. The summed E-state index contributed by atoms with van der Waals surface area (Å²) in [6.07, 6.45) is 2.11. The van der Waals surface area contributed by atoms with Gasteiger partial charge in [-0.25, -0.2) is 0 Å². The average molecular weight is 278 g/mol. The van der Waals surface area contributed by atoms with Crippen LogP contribution in [0.25, 0.3) is 0 Å². The first-order valence-corrected chi connectivity index (χ1v) is 7.62. The van der Waals surface area contributed by atoms with E-state index in [9.17, 15) is 0 Å². The molecule has 0 aromatic heterocycles. The normalized spacial score (nSPS) is 12.9. The Kier molecular flexibility index (Phi) is 7.63. The van der Waals surface area contributed by atoms with Crippen LogP contribution in [0.5, 0.6) is 5.75 Å². The number of rotatable bonds is 9. The summed E-state index contributed by atoms with van der Waals surface area (Å²) in [4.78, 5) is 2.34. The smallest absolute Gasteiger partial charge is 0.119 e. The van der Waals surface area contributed by atoms with Gasteiger partial charge in [0.05, 0.1) is 6.61 Å². The molecule has 1 atom stereocenters. The molecule has 0 saturated carbocycles. The van der Waals surface area contributed by atoms with Crippen LogP contribution < -0.4 is 10.5 Å². The largest absolute Gasteiger partial charge is 0.494 e. The maximum atomic E-state index is 6.06. The molecule has 0 fully saturated rings. The van der Waals surface area contributed by atoms with Gasteiger partial charge < -0.3 is 15.4 Å². The van der Waals surface area contributed by atoms with Crippen molar-refractivity contribution in [3.8, 4) is 5.75 Å². The van der Waals surface area contributed by atoms with Gasteiger partial charge in [-0.1, -0.05) is 26.0 Å². The molecule has 1 aromatic rings. The van der Waals surface area contributed by atoms with Crippen molar-refractivity contribution in [2.75, 3.05) is 26.7 Å². The molecule has 20 heavy (non-hydrogen) atoms. The second-order valence-corrected chi connectivity index (χ2v) is 6.02. The summed E-state index contributed by atoms with van der Waals surface area (Å²) in [7, 11) is 2.15. The van der Waals surface area contributed by atoms with Crippen LogP contribution in [-0.2, 0) is 0 Å². The van der Waals surface area contributed by atoms with Gasteiger partial charge in [-0.2, -0.15) is 0 Å². The Labute approximate surface area is 124 Å². The van der Waals surface area contributed by atoms with E-state index >= 15 is 0 Å². The molecule has 0 spiro atoms. The van der Waals surface area contributed by atoms with Crippen molar-refractivity contribution in [3.63, 3.8) is 0 Å². The van der Waals surface area contributed by atoms with Gasteiger partial charge in [-0.05, 0) is 57.0 Å². The van der Waals surface area contributed by atoms with Crippen LogP contribution in [0.3, 0.4) is 0 Å². The lowest BCUT2D eigenvalue weighted by molar-refractivity contribution is 0.253. The van der Waals surface area contributed by atoms with Crippen molar-refractivity contribution < 1.29 is 4.74 Å². The van der Waals surface area contributed by atoms with E-state index in [1.807, 2.05) is 12.1 Å². The van der Waals surface area contributed by atoms with E-state index in [1.165, 1.54) is 5.56 Å². The molecule has 0 aliphatic heterocycles. The fraction of sp³-hybridized carbons (Fsp3) is 0.647. The maximum absolute atomic E-state index is 6.06. The molecule has 3 nitrogen and oxygen atoms in total. The van der Waals surface area contributed by atoms with Crippen LogP contribution in [-0.4, -0.2) is 37.7 Å². The van der Waals surface area contributed by atoms with Crippen LogP contribution in [0.2, 0.25) is 0 Å². The van der Waals surface area contributed by atoms with Gasteiger partial charge >= 0.3 is 0 Å². The predicted molar refractivity (Wildman–Crippen MR) is 86.2 cm³/mol. The molecule has 3 heteroatoms. The molecule has 0 saturated heterocycles. The molecule has 0 heterocycles. The van der Waals surface area contributed by atoms with E-state index in [4.69, 9.17) is 10.5 Å². The second-order valence-electron chi connectivity index (χ2n) is 6.02.